The molecule has 11 nitrogen and oxygen atoms in total. The van der Waals surface area contributed by atoms with Gasteiger partial charge in [-0.3, -0.25) is 9.59 Å². The number of carbonyl (C=O) groups is 2. The Morgan fingerprint density at radius 2 is 1.26 bits per heavy atom. The van der Waals surface area contributed by atoms with Gasteiger partial charge in [-0.05, 0) is 84.3 Å². The van der Waals surface area contributed by atoms with Gasteiger partial charge in [-0.25, -0.2) is 0 Å². The highest BCUT2D eigenvalue weighted by Gasteiger charge is 2.18. The number of nitrogens with two attached hydrogens (primary N) is 1. The first-order valence-electron chi connectivity index (χ1n) is 14.4. The number of carbonyl (C=O) groups excluding carboxylic acids is 2. The van der Waals surface area contributed by atoms with E-state index in [0.717, 1.165) is 58.2 Å². The summed E-state index contributed by atoms with van der Waals surface area (Å²) < 4.78 is 10.5. The van der Waals surface area contributed by atoms with Crippen molar-refractivity contribution in [3.63, 3.8) is 0 Å². The fourth-order valence-electron chi connectivity index (χ4n) is 3.71. The van der Waals surface area contributed by atoms with Crippen LogP contribution in [0.3, 0.4) is 0 Å². The summed E-state index contributed by atoms with van der Waals surface area (Å²) in [5.74, 6) is -0.825. The fourth-order valence-corrected chi connectivity index (χ4v) is 3.71. The van der Waals surface area contributed by atoms with Crippen LogP contribution < -0.4 is 11.1 Å². The maximum Gasteiger partial charge on any atom is 0.239 e. The molecule has 228 valence electrons. The predicted octanol–water partition coefficient (Wildman–Crippen LogP) is 0.945. The van der Waals surface area contributed by atoms with Gasteiger partial charge >= 0.3 is 0 Å². The number of unbranched alkanes of at least 4 members (excludes halogenated alkanes) is 3. The molecule has 0 aliphatic carbocycles. The summed E-state index contributed by atoms with van der Waals surface area (Å²) in [5.41, 5.74) is 5.48. The molecule has 0 aromatic carbocycles. The first kappa shape index (κ1) is 38.8. The Morgan fingerprint density at radius 3 is 1.71 bits per heavy atom. The number of amides is 2. The quantitative estimate of drug-likeness (QED) is 0.0855. The van der Waals surface area contributed by atoms with Crippen LogP contribution in [-0.4, -0.2) is 115 Å². The van der Waals surface area contributed by atoms with Crippen molar-refractivity contribution in [2.24, 2.45) is 5.73 Å². The zero-order valence-electron chi connectivity index (χ0n) is 24.1. The Hall–Kier alpha value is -1.34. The van der Waals surface area contributed by atoms with Gasteiger partial charge in [-0.15, -0.1) is 0 Å². The Labute approximate surface area is 230 Å². The second kappa shape index (κ2) is 28.7. The van der Waals surface area contributed by atoms with E-state index in [1.165, 1.54) is 0 Å². The zero-order valence-corrected chi connectivity index (χ0v) is 24.1. The highest BCUT2D eigenvalue weighted by molar-refractivity contribution is 5.86. The molecule has 0 radical (unpaired) electrons. The summed E-state index contributed by atoms with van der Waals surface area (Å²) in [5, 5.41) is 39.6. The van der Waals surface area contributed by atoms with Crippen molar-refractivity contribution in [2.45, 2.75) is 103 Å². The van der Waals surface area contributed by atoms with E-state index in [1.54, 1.807) is 0 Å². The molecule has 0 aromatic rings. The minimum atomic E-state index is -0.714. The van der Waals surface area contributed by atoms with E-state index in [0.29, 0.717) is 39.1 Å². The summed E-state index contributed by atoms with van der Waals surface area (Å²) in [7, 11) is 0. The van der Waals surface area contributed by atoms with Crippen molar-refractivity contribution in [2.75, 3.05) is 59.3 Å². The summed E-state index contributed by atoms with van der Waals surface area (Å²) in [4.78, 5) is 26.2. The minimum absolute atomic E-state index is 0.152. The molecule has 2 amide bonds. The van der Waals surface area contributed by atoms with Crippen LogP contribution in [0, 0.1) is 0 Å². The molecule has 7 N–H and O–H groups in total. The van der Waals surface area contributed by atoms with E-state index in [1.807, 2.05) is 20.8 Å². The van der Waals surface area contributed by atoms with Crippen molar-refractivity contribution in [3.8, 4) is 0 Å². The lowest BCUT2D eigenvalue weighted by Gasteiger charge is -2.23. The summed E-state index contributed by atoms with van der Waals surface area (Å²) >= 11 is 0. The van der Waals surface area contributed by atoms with Crippen LogP contribution in [0.2, 0.25) is 0 Å². The normalized spacial score (nSPS) is 13.5. The van der Waals surface area contributed by atoms with Crippen molar-refractivity contribution < 1.29 is 39.5 Å². The Bertz CT molecular complexity index is 524. The van der Waals surface area contributed by atoms with Crippen molar-refractivity contribution in [1.29, 1.82) is 0 Å². The summed E-state index contributed by atoms with van der Waals surface area (Å²) in [6, 6.07) is -0.714. The topological polar surface area (TPSA) is 175 Å². The van der Waals surface area contributed by atoms with E-state index in [9.17, 15) is 19.8 Å². The molecule has 0 aromatic heterocycles. The Kier molecular flexibility index (Phi) is 29.3. The number of nitrogens with one attached hydrogen (secondary N) is 1. The highest BCUT2D eigenvalue weighted by atomic mass is 16.5. The standard InChI is InChI=1S/C25H51N3O8.C2H6/c1-2-35-17-18-36-16-12-24(33)27-23(25(26)34)11-5-8-15-28(13-6-3-9-21(31)19-29)14-7-4-10-22(32)20-30;1-2/h21-23,29-32H,2-20H2,1H3,(H2,26,34)(H,27,33);1-2H3. The van der Waals surface area contributed by atoms with Gasteiger partial charge in [0.1, 0.15) is 6.04 Å². The van der Waals surface area contributed by atoms with Crippen LogP contribution >= 0.6 is 0 Å². The summed E-state index contributed by atoms with van der Waals surface area (Å²) in [6.07, 6.45) is 5.34. The number of hydrogen-bond donors (Lipinski definition) is 6. The number of primary amides is 1. The van der Waals surface area contributed by atoms with Crippen LogP contribution in [0.5, 0.6) is 0 Å². The van der Waals surface area contributed by atoms with Crippen LogP contribution in [0.15, 0.2) is 0 Å². The molecule has 0 saturated carbocycles. The molecule has 0 rings (SSSR count). The molecule has 0 spiro atoms. The molecule has 0 fully saturated rings. The molecule has 3 unspecified atom stereocenters. The number of aliphatic hydroxyl groups excluding tert-OH is 4. The molecular weight excluding hydrogens is 494 g/mol. The van der Waals surface area contributed by atoms with Crippen molar-refractivity contribution in [1.82, 2.24) is 10.2 Å². The van der Waals surface area contributed by atoms with Crippen LogP contribution in [0.4, 0.5) is 0 Å². The Balaban J connectivity index is 0. The van der Waals surface area contributed by atoms with Crippen LogP contribution in [0.25, 0.3) is 0 Å². The monoisotopic (exact) mass is 551 g/mol. The van der Waals surface area contributed by atoms with Gasteiger partial charge in [-0.2, -0.15) is 0 Å². The van der Waals surface area contributed by atoms with Gasteiger partial charge in [0.2, 0.25) is 11.8 Å². The molecule has 0 aliphatic rings. The van der Waals surface area contributed by atoms with Gasteiger partial charge in [0.15, 0.2) is 0 Å². The van der Waals surface area contributed by atoms with Gasteiger partial charge in [0.25, 0.3) is 0 Å². The average molecular weight is 552 g/mol. The first-order chi connectivity index (χ1) is 18.3. The fraction of sp³-hybridized carbons (Fsp3) is 0.926. The van der Waals surface area contributed by atoms with E-state index >= 15 is 0 Å². The molecule has 0 aliphatic heterocycles. The molecule has 3 atom stereocenters. The number of rotatable bonds is 26. The molecule has 11 heteroatoms. The van der Waals surface area contributed by atoms with E-state index < -0.39 is 24.2 Å². The lowest BCUT2D eigenvalue weighted by Crippen LogP contribution is -2.44. The lowest BCUT2D eigenvalue weighted by molar-refractivity contribution is -0.128. The second-order valence-electron chi connectivity index (χ2n) is 9.08. The van der Waals surface area contributed by atoms with Crippen LogP contribution in [-0.2, 0) is 19.1 Å². The third kappa shape index (κ3) is 25.0. The smallest absolute Gasteiger partial charge is 0.239 e. The largest absolute Gasteiger partial charge is 0.394 e. The third-order valence-electron chi connectivity index (χ3n) is 5.89. The van der Waals surface area contributed by atoms with E-state index in [-0.39, 0.29) is 32.1 Å². The molecule has 0 bridgehead atoms. The Morgan fingerprint density at radius 1 is 0.789 bits per heavy atom. The number of nitrogens with zero attached hydrogens (tertiary/aromatic N) is 1. The minimum Gasteiger partial charge on any atom is -0.394 e. The number of aliphatic hydroxyl groups is 4. The van der Waals surface area contributed by atoms with Gasteiger partial charge in [0, 0.05) is 13.0 Å². The second-order valence-corrected chi connectivity index (χ2v) is 9.08. The number of ether oxygens (including phenoxy) is 2. The average Bonchev–Trinajstić information content (AvgIpc) is 2.92. The zero-order chi connectivity index (χ0) is 29.0. The molecule has 0 saturated heterocycles. The van der Waals surface area contributed by atoms with Crippen LogP contribution in [0.1, 0.15) is 85.0 Å². The molecule has 0 heterocycles. The molecule has 38 heavy (non-hydrogen) atoms. The summed E-state index contributed by atoms with van der Waals surface area (Å²) in [6.45, 7) is 9.72. The van der Waals surface area contributed by atoms with E-state index in [2.05, 4.69) is 10.2 Å². The number of hydrogen-bond acceptors (Lipinski definition) is 9. The van der Waals surface area contributed by atoms with Gasteiger partial charge < -0.3 is 45.9 Å². The third-order valence-corrected chi connectivity index (χ3v) is 5.89. The van der Waals surface area contributed by atoms with Crippen molar-refractivity contribution in [3.05, 3.63) is 0 Å². The van der Waals surface area contributed by atoms with Gasteiger partial charge in [0.05, 0.1) is 45.2 Å². The first-order valence-corrected chi connectivity index (χ1v) is 14.4. The van der Waals surface area contributed by atoms with E-state index in [4.69, 9.17) is 25.4 Å². The molecular formula is C27H57N3O8. The highest BCUT2D eigenvalue weighted by Crippen LogP contribution is 2.09. The predicted molar refractivity (Wildman–Crippen MR) is 149 cm³/mol. The maximum atomic E-state index is 12.1. The lowest BCUT2D eigenvalue weighted by atomic mass is 10.1. The van der Waals surface area contributed by atoms with Crippen molar-refractivity contribution >= 4 is 11.8 Å². The van der Waals surface area contributed by atoms with Gasteiger partial charge in [-0.1, -0.05) is 13.8 Å². The SMILES string of the molecule is CC.CCOCCOCCC(=O)NC(CCCCN(CCCCC(O)CO)CCCCC(O)CO)C(N)=O. The maximum absolute atomic E-state index is 12.1.